The molecule has 3 aromatic heterocycles. The largest absolute Gasteiger partial charge is 0.417 e. The first-order valence-electron chi connectivity index (χ1n) is 6.36. The number of fused-ring (bicyclic) bond motifs is 1. The first kappa shape index (κ1) is 14.1. The van der Waals surface area contributed by atoms with Gasteiger partial charge in [-0.25, -0.2) is 4.98 Å². The number of hydrogen-bond acceptors (Lipinski definition) is 3. The number of alkyl halides is 3. The number of hydrogen-bond donors (Lipinski definition) is 0. The second-order valence-corrected chi connectivity index (χ2v) is 4.62. The summed E-state index contributed by atoms with van der Waals surface area (Å²) in [5, 5.41) is 8.97. The van der Waals surface area contributed by atoms with Crippen LogP contribution in [0.4, 0.5) is 13.2 Å². The van der Waals surface area contributed by atoms with Gasteiger partial charge in [0, 0.05) is 24.2 Å². The molecule has 0 N–H and O–H groups in total. The van der Waals surface area contributed by atoms with Crippen LogP contribution in [0, 0.1) is 11.3 Å². The molecule has 7 heteroatoms. The lowest BCUT2D eigenvalue weighted by atomic mass is 10.1. The predicted molar refractivity (Wildman–Crippen MR) is 72.7 cm³/mol. The van der Waals surface area contributed by atoms with Gasteiger partial charge in [0.1, 0.15) is 5.65 Å². The van der Waals surface area contributed by atoms with Crippen LogP contribution >= 0.6 is 0 Å². The Morgan fingerprint density at radius 1 is 1.14 bits per heavy atom. The maximum absolute atomic E-state index is 12.9. The fraction of sp³-hybridized carbons (Fsp3) is 0.133. The zero-order chi connectivity index (χ0) is 15.7. The molecule has 0 aromatic carbocycles. The van der Waals surface area contributed by atoms with Crippen molar-refractivity contribution in [2.24, 2.45) is 0 Å². The summed E-state index contributed by atoms with van der Waals surface area (Å²) in [6, 6.07) is 7.66. The minimum Gasteiger partial charge on any atom is -0.302 e. The van der Waals surface area contributed by atoms with E-state index in [0.29, 0.717) is 22.6 Å². The van der Waals surface area contributed by atoms with Gasteiger partial charge >= 0.3 is 6.18 Å². The van der Waals surface area contributed by atoms with Gasteiger partial charge in [-0.2, -0.15) is 18.4 Å². The van der Waals surface area contributed by atoms with E-state index in [1.54, 1.807) is 24.5 Å². The van der Waals surface area contributed by atoms with Crippen LogP contribution in [0.5, 0.6) is 0 Å². The fourth-order valence-electron chi connectivity index (χ4n) is 2.25. The van der Waals surface area contributed by atoms with Gasteiger partial charge in [-0.1, -0.05) is 0 Å². The van der Waals surface area contributed by atoms with Crippen LogP contribution in [-0.4, -0.2) is 14.4 Å². The number of aromatic nitrogens is 3. The number of rotatable bonds is 2. The summed E-state index contributed by atoms with van der Waals surface area (Å²) in [4.78, 5) is 8.24. The average Bonchev–Trinajstić information content (AvgIpc) is 2.86. The molecule has 0 saturated heterocycles. The Balaban J connectivity index is 2.26. The Kier molecular flexibility index (Phi) is 3.29. The van der Waals surface area contributed by atoms with Gasteiger partial charge < -0.3 is 4.40 Å². The molecule has 0 bridgehead atoms. The van der Waals surface area contributed by atoms with E-state index in [1.165, 1.54) is 10.5 Å². The van der Waals surface area contributed by atoms with Crippen molar-refractivity contribution in [2.45, 2.75) is 12.6 Å². The lowest BCUT2D eigenvalue weighted by Crippen LogP contribution is -2.07. The van der Waals surface area contributed by atoms with Crippen molar-refractivity contribution in [3.05, 3.63) is 54.1 Å². The minimum atomic E-state index is -4.45. The number of nitriles is 1. The van der Waals surface area contributed by atoms with E-state index in [-0.39, 0.29) is 6.42 Å². The summed E-state index contributed by atoms with van der Waals surface area (Å²) in [6.45, 7) is 0. The Morgan fingerprint density at radius 2 is 1.86 bits per heavy atom. The first-order valence-corrected chi connectivity index (χ1v) is 6.36. The SMILES string of the molecule is N#CCc1c(-c2ccncc2)nc2ccc(C(F)(F)F)cn12. The number of halogens is 3. The Labute approximate surface area is 123 Å². The highest BCUT2D eigenvalue weighted by molar-refractivity contribution is 5.66. The van der Waals surface area contributed by atoms with E-state index in [9.17, 15) is 13.2 Å². The molecule has 0 aliphatic heterocycles. The second-order valence-electron chi connectivity index (χ2n) is 4.62. The highest BCUT2D eigenvalue weighted by atomic mass is 19.4. The van der Waals surface area contributed by atoms with E-state index in [1.807, 2.05) is 6.07 Å². The van der Waals surface area contributed by atoms with Crippen LogP contribution in [0.2, 0.25) is 0 Å². The third kappa shape index (κ3) is 2.39. The van der Waals surface area contributed by atoms with Gasteiger partial charge in [-0.15, -0.1) is 0 Å². The maximum Gasteiger partial charge on any atom is 0.417 e. The summed E-state index contributed by atoms with van der Waals surface area (Å²) in [5.74, 6) is 0. The van der Waals surface area contributed by atoms with Crippen LogP contribution in [-0.2, 0) is 12.6 Å². The molecule has 0 fully saturated rings. The molecule has 0 aliphatic rings. The molecule has 0 amide bonds. The van der Waals surface area contributed by atoms with Crippen LogP contribution in [0.15, 0.2) is 42.9 Å². The van der Waals surface area contributed by atoms with E-state index in [4.69, 9.17) is 5.26 Å². The summed E-state index contributed by atoms with van der Waals surface area (Å²) >= 11 is 0. The maximum atomic E-state index is 12.9. The molecule has 0 atom stereocenters. The van der Waals surface area contributed by atoms with E-state index >= 15 is 0 Å². The monoisotopic (exact) mass is 302 g/mol. The van der Waals surface area contributed by atoms with Crippen molar-refractivity contribution in [2.75, 3.05) is 0 Å². The van der Waals surface area contributed by atoms with E-state index in [0.717, 1.165) is 12.3 Å². The van der Waals surface area contributed by atoms with Crippen molar-refractivity contribution < 1.29 is 13.2 Å². The lowest BCUT2D eigenvalue weighted by Gasteiger charge is -2.07. The van der Waals surface area contributed by atoms with Crippen molar-refractivity contribution in [1.82, 2.24) is 14.4 Å². The average molecular weight is 302 g/mol. The molecule has 4 nitrogen and oxygen atoms in total. The highest BCUT2D eigenvalue weighted by Gasteiger charge is 2.31. The topological polar surface area (TPSA) is 54.0 Å². The Morgan fingerprint density at radius 3 is 2.50 bits per heavy atom. The van der Waals surface area contributed by atoms with Crippen molar-refractivity contribution in [3.63, 3.8) is 0 Å². The van der Waals surface area contributed by atoms with Crippen molar-refractivity contribution in [3.8, 4) is 17.3 Å². The Hall–Kier alpha value is -2.88. The lowest BCUT2D eigenvalue weighted by molar-refractivity contribution is -0.137. The molecule has 0 saturated carbocycles. The van der Waals surface area contributed by atoms with Gasteiger partial charge in [0.2, 0.25) is 0 Å². The van der Waals surface area contributed by atoms with Gasteiger partial charge in [0.25, 0.3) is 0 Å². The molecule has 0 unspecified atom stereocenters. The third-order valence-electron chi connectivity index (χ3n) is 3.25. The molecule has 3 aromatic rings. The van der Waals surface area contributed by atoms with Gasteiger partial charge in [0.05, 0.1) is 29.4 Å². The summed E-state index contributed by atoms with van der Waals surface area (Å²) < 4.78 is 39.9. The van der Waals surface area contributed by atoms with Crippen molar-refractivity contribution >= 4 is 5.65 Å². The Bertz CT molecular complexity index is 860. The third-order valence-corrected chi connectivity index (χ3v) is 3.25. The van der Waals surface area contributed by atoms with Gasteiger partial charge in [-0.05, 0) is 24.3 Å². The fourth-order valence-corrected chi connectivity index (χ4v) is 2.25. The number of nitrogens with zero attached hydrogens (tertiary/aromatic N) is 4. The quantitative estimate of drug-likeness (QED) is 0.728. The normalized spacial score (nSPS) is 11.5. The summed E-state index contributed by atoms with van der Waals surface area (Å²) in [5.41, 5.74) is 1.21. The summed E-state index contributed by atoms with van der Waals surface area (Å²) in [7, 11) is 0. The van der Waals surface area contributed by atoms with Crippen LogP contribution < -0.4 is 0 Å². The molecular weight excluding hydrogens is 293 g/mol. The molecule has 110 valence electrons. The molecule has 3 heterocycles. The van der Waals surface area contributed by atoms with E-state index < -0.39 is 11.7 Å². The zero-order valence-corrected chi connectivity index (χ0v) is 11.2. The molecule has 3 rings (SSSR count). The molecule has 0 radical (unpaired) electrons. The van der Waals surface area contributed by atoms with Crippen LogP contribution in [0.3, 0.4) is 0 Å². The van der Waals surface area contributed by atoms with Gasteiger partial charge in [0.15, 0.2) is 0 Å². The number of pyridine rings is 2. The van der Waals surface area contributed by atoms with Crippen LogP contribution in [0.1, 0.15) is 11.3 Å². The first-order chi connectivity index (χ1) is 10.5. The highest BCUT2D eigenvalue weighted by Crippen LogP contribution is 2.31. The van der Waals surface area contributed by atoms with E-state index in [2.05, 4.69) is 9.97 Å². The predicted octanol–water partition coefficient (Wildman–Crippen LogP) is 3.48. The smallest absolute Gasteiger partial charge is 0.302 e. The standard InChI is InChI=1S/C15H9F3N4/c16-15(17,18)11-1-2-13-21-14(10-4-7-20-8-5-10)12(3-6-19)22(13)9-11/h1-2,4-5,7-9H,3H2. The molecule has 22 heavy (non-hydrogen) atoms. The molecular formula is C15H9F3N4. The molecule has 0 aliphatic carbocycles. The van der Waals surface area contributed by atoms with Crippen molar-refractivity contribution in [1.29, 1.82) is 5.26 Å². The zero-order valence-electron chi connectivity index (χ0n) is 11.2. The minimum absolute atomic E-state index is 0.0415. The molecule has 0 spiro atoms. The second kappa shape index (κ2) is 5.15. The van der Waals surface area contributed by atoms with Crippen LogP contribution in [0.25, 0.3) is 16.9 Å². The number of imidazole rings is 1. The van der Waals surface area contributed by atoms with Gasteiger partial charge in [-0.3, -0.25) is 4.98 Å². The summed E-state index contributed by atoms with van der Waals surface area (Å²) in [6.07, 6.45) is -0.383.